The van der Waals surface area contributed by atoms with Crippen LogP contribution in [0.15, 0.2) is 23.2 Å². The van der Waals surface area contributed by atoms with Gasteiger partial charge in [0.2, 0.25) is 0 Å². The second kappa shape index (κ2) is 9.52. The number of benzene rings is 1. The highest BCUT2D eigenvalue weighted by Gasteiger charge is 2.33. The van der Waals surface area contributed by atoms with Crippen molar-refractivity contribution in [1.82, 2.24) is 25.4 Å². The van der Waals surface area contributed by atoms with Gasteiger partial charge in [-0.25, -0.2) is 9.38 Å². The summed E-state index contributed by atoms with van der Waals surface area (Å²) >= 11 is 0. The number of alkyl halides is 3. The first-order valence-electron chi connectivity index (χ1n) is 8.95. The minimum Gasteiger partial charge on any atom is -0.356 e. The van der Waals surface area contributed by atoms with Crippen molar-refractivity contribution < 1.29 is 17.6 Å². The Labute approximate surface area is 161 Å². The highest BCUT2D eigenvalue weighted by molar-refractivity contribution is 5.79. The molecule has 6 nitrogen and oxygen atoms in total. The topological polar surface area (TPSA) is 67.1 Å². The normalized spacial score (nSPS) is 12.3. The predicted molar refractivity (Wildman–Crippen MR) is 98.0 cm³/mol. The molecule has 0 radical (unpaired) electrons. The van der Waals surface area contributed by atoms with E-state index in [-0.39, 0.29) is 12.1 Å². The minimum absolute atomic E-state index is 0.0972. The number of aliphatic imine (C=N–C) groups is 1. The quantitative estimate of drug-likeness (QED) is 0.324. The standard InChI is InChI=1S/C18H24F4N6/c1-4-5-8-23-17(25-11-16-27-26-12(2)28(16)3)24-10-13-6-7-14(19)9-15(13)18(20,21)22/h6-7,9H,4-5,8,10-11H2,1-3H3,(H2,23,24,25). The van der Waals surface area contributed by atoms with E-state index in [0.29, 0.717) is 30.9 Å². The summed E-state index contributed by atoms with van der Waals surface area (Å²) in [5.41, 5.74) is -1.12. The molecule has 0 aliphatic carbocycles. The van der Waals surface area contributed by atoms with Crippen LogP contribution >= 0.6 is 0 Å². The summed E-state index contributed by atoms with van der Waals surface area (Å²) in [5.74, 6) is 0.833. The molecule has 0 saturated carbocycles. The SMILES string of the molecule is CCCCNC(=NCc1ccc(F)cc1C(F)(F)F)NCc1nnc(C)n1C. The first kappa shape index (κ1) is 21.6. The molecular weight excluding hydrogens is 376 g/mol. The fraction of sp³-hybridized carbons (Fsp3) is 0.500. The first-order valence-corrected chi connectivity index (χ1v) is 8.95. The second-order valence-corrected chi connectivity index (χ2v) is 6.32. The Morgan fingerprint density at radius 2 is 1.96 bits per heavy atom. The molecule has 2 N–H and O–H groups in total. The van der Waals surface area contributed by atoms with Crippen molar-refractivity contribution in [1.29, 1.82) is 0 Å². The van der Waals surface area contributed by atoms with E-state index in [1.54, 1.807) is 4.57 Å². The molecular formula is C18H24F4N6. The molecule has 0 amide bonds. The zero-order valence-corrected chi connectivity index (χ0v) is 16.1. The molecule has 0 spiro atoms. The zero-order valence-electron chi connectivity index (χ0n) is 16.1. The number of aromatic nitrogens is 3. The number of nitrogens with one attached hydrogen (secondary N) is 2. The Kier molecular flexibility index (Phi) is 7.36. The van der Waals surface area contributed by atoms with Crippen LogP contribution in [0.25, 0.3) is 0 Å². The fourth-order valence-corrected chi connectivity index (χ4v) is 2.44. The van der Waals surface area contributed by atoms with Gasteiger partial charge in [-0.15, -0.1) is 10.2 Å². The predicted octanol–water partition coefficient (Wildman–Crippen LogP) is 3.32. The summed E-state index contributed by atoms with van der Waals surface area (Å²) in [6, 6.07) is 2.60. The third-order valence-corrected chi connectivity index (χ3v) is 4.20. The van der Waals surface area contributed by atoms with E-state index in [2.05, 4.69) is 25.8 Å². The molecule has 1 aromatic heterocycles. The van der Waals surface area contributed by atoms with Crippen LogP contribution in [0.1, 0.15) is 42.5 Å². The first-order chi connectivity index (χ1) is 13.2. The Hall–Kier alpha value is -2.65. The summed E-state index contributed by atoms with van der Waals surface area (Å²) in [6.45, 7) is 4.54. The van der Waals surface area contributed by atoms with Gasteiger partial charge >= 0.3 is 6.18 Å². The van der Waals surface area contributed by atoms with Gasteiger partial charge in [-0.1, -0.05) is 19.4 Å². The van der Waals surface area contributed by atoms with Crippen LogP contribution in [-0.2, 0) is 26.3 Å². The summed E-state index contributed by atoms with van der Waals surface area (Å²) < 4.78 is 54.5. The number of guanidine groups is 1. The molecule has 0 aliphatic rings. The Morgan fingerprint density at radius 1 is 1.21 bits per heavy atom. The second-order valence-electron chi connectivity index (χ2n) is 6.32. The molecule has 154 valence electrons. The van der Waals surface area contributed by atoms with Crippen LogP contribution in [0, 0.1) is 12.7 Å². The Bertz CT molecular complexity index is 813. The molecule has 1 aromatic carbocycles. The molecule has 0 fully saturated rings. The lowest BCUT2D eigenvalue weighted by Crippen LogP contribution is -2.38. The molecule has 0 saturated heterocycles. The van der Waals surface area contributed by atoms with E-state index < -0.39 is 17.6 Å². The minimum atomic E-state index is -4.65. The van der Waals surface area contributed by atoms with Crippen LogP contribution in [0.2, 0.25) is 0 Å². The lowest BCUT2D eigenvalue weighted by Gasteiger charge is -2.14. The van der Waals surface area contributed by atoms with Gasteiger partial charge in [0.1, 0.15) is 11.6 Å². The van der Waals surface area contributed by atoms with Crippen molar-refractivity contribution in [2.24, 2.45) is 12.0 Å². The van der Waals surface area contributed by atoms with E-state index in [9.17, 15) is 17.6 Å². The monoisotopic (exact) mass is 400 g/mol. The van der Waals surface area contributed by atoms with Crippen LogP contribution in [-0.4, -0.2) is 27.3 Å². The third kappa shape index (κ3) is 5.93. The number of rotatable bonds is 7. The van der Waals surface area contributed by atoms with Gasteiger partial charge in [0.15, 0.2) is 11.8 Å². The number of halogens is 4. The van der Waals surface area contributed by atoms with Crippen molar-refractivity contribution in [3.63, 3.8) is 0 Å². The van der Waals surface area contributed by atoms with Crippen LogP contribution < -0.4 is 10.6 Å². The zero-order chi connectivity index (χ0) is 20.7. The van der Waals surface area contributed by atoms with Gasteiger partial charge in [-0.05, 0) is 31.0 Å². The Morgan fingerprint density at radius 3 is 2.57 bits per heavy atom. The summed E-state index contributed by atoms with van der Waals surface area (Å²) in [7, 11) is 1.82. The van der Waals surface area contributed by atoms with E-state index in [1.165, 1.54) is 0 Å². The molecule has 0 atom stereocenters. The molecule has 2 rings (SSSR count). The van der Waals surface area contributed by atoms with Crippen molar-refractivity contribution in [2.75, 3.05) is 6.54 Å². The van der Waals surface area contributed by atoms with Crippen LogP contribution in [0.3, 0.4) is 0 Å². The average Bonchev–Trinajstić information content (AvgIpc) is 2.95. The molecule has 2 aromatic rings. The van der Waals surface area contributed by atoms with Gasteiger partial charge in [0.05, 0.1) is 18.7 Å². The number of hydrogen-bond acceptors (Lipinski definition) is 3. The van der Waals surface area contributed by atoms with Crippen LogP contribution in [0.5, 0.6) is 0 Å². The summed E-state index contributed by atoms with van der Waals surface area (Å²) in [4.78, 5) is 4.24. The lowest BCUT2D eigenvalue weighted by molar-refractivity contribution is -0.138. The highest BCUT2D eigenvalue weighted by Crippen LogP contribution is 2.32. The van der Waals surface area contributed by atoms with Gasteiger partial charge in [0, 0.05) is 13.6 Å². The van der Waals surface area contributed by atoms with Gasteiger partial charge < -0.3 is 15.2 Å². The van der Waals surface area contributed by atoms with E-state index in [4.69, 9.17) is 0 Å². The highest BCUT2D eigenvalue weighted by atomic mass is 19.4. The van der Waals surface area contributed by atoms with Crippen molar-refractivity contribution >= 4 is 5.96 Å². The molecule has 0 unspecified atom stereocenters. The van der Waals surface area contributed by atoms with Gasteiger partial charge in [0.25, 0.3) is 0 Å². The third-order valence-electron chi connectivity index (χ3n) is 4.20. The lowest BCUT2D eigenvalue weighted by atomic mass is 10.1. The van der Waals surface area contributed by atoms with E-state index in [0.717, 1.165) is 30.8 Å². The maximum Gasteiger partial charge on any atom is 0.416 e. The summed E-state index contributed by atoms with van der Waals surface area (Å²) in [6.07, 6.45) is -2.81. The fourth-order valence-electron chi connectivity index (χ4n) is 2.44. The largest absolute Gasteiger partial charge is 0.416 e. The molecule has 10 heteroatoms. The number of hydrogen-bond donors (Lipinski definition) is 2. The van der Waals surface area contributed by atoms with Gasteiger partial charge in [-0.3, -0.25) is 0 Å². The number of nitrogens with zero attached hydrogens (tertiary/aromatic N) is 4. The van der Waals surface area contributed by atoms with Crippen molar-refractivity contribution in [3.8, 4) is 0 Å². The molecule has 0 aliphatic heterocycles. The molecule has 28 heavy (non-hydrogen) atoms. The number of unbranched alkanes of at least 4 members (excludes halogenated alkanes) is 1. The smallest absolute Gasteiger partial charge is 0.356 e. The molecule has 0 bridgehead atoms. The van der Waals surface area contributed by atoms with Crippen molar-refractivity contribution in [3.05, 3.63) is 46.8 Å². The maximum atomic E-state index is 13.3. The number of aryl methyl sites for hydroxylation is 1. The maximum absolute atomic E-state index is 13.3. The van der Waals surface area contributed by atoms with E-state index in [1.807, 2.05) is 20.9 Å². The van der Waals surface area contributed by atoms with E-state index >= 15 is 0 Å². The van der Waals surface area contributed by atoms with Gasteiger partial charge in [-0.2, -0.15) is 13.2 Å². The molecule has 1 heterocycles. The van der Waals surface area contributed by atoms with Crippen molar-refractivity contribution in [2.45, 2.75) is 46.0 Å². The average molecular weight is 400 g/mol. The van der Waals surface area contributed by atoms with Crippen LogP contribution in [0.4, 0.5) is 17.6 Å². The Balaban J connectivity index is 2.16. The summed E-state index contributed by atoms with van der Waals surface area (Å²) in [5, 5.41) is 14.1.